The average molecular weight is 324 g/mol. The standard InChI is InChI=1S/C19H16O3S/c1-12(20)11-15(13-7-3-2-4-8-13)17-18(23)14-9-5-6-10-16(14)22-19(17)21/h2-10,15,23H,11H2,1H3. The second kappa shape index (κ2) is 6.42. The predicted octanol–water partition coefficient (Wildman–Crippen LogP) is 4.19. The van der Waals surface area contributed by atoms with Crippen molar-refractivity contribution >= 4 is 29.4 Å². The summed E-state index contributed by atoms with van der Waals surface area (Å²) in [6, 6.07) is 16.8. The third kappa shape index (κ3) is 3.08. The Kier molecular flexibility index (Phi) is 4.35. The number of carbonyl (C=O) groups excluding carboxylic acids is 1. The Bertz CT molecular complexity index is 913. The van der Waals surface area contributed by atoms with Crippen LogP contribution in [0.5, 0.6) is 0 Å². The van der Waals surface area contributed by atoms with E-state index in [4.69, 9.17) is 4.42 Å². The van der Waals surface area contributed by atoms with Gasteiger partial charge in [0.15, 0.2) is 0 Å². The van der Waals surface area contributed by atoms with Crippen molar-refractivity contribution in [1.82, 2.24) is 0 Å². The molecule has 116 valence electrons. The molecule has 0 aliphatic rings. The van der Waals surface area contributed by atoms with Gasteiger partial charge in [-0.05, 0) is 18.6 Å². The Morgan fingerprint density at radius 2 is 1.74 bits per heavy atom. The van der Waals surface area contributed by atoms with Gasteiger partial charge in [0, 0.05) is 22.6 Å². The summed E-state index contributed by atoms with van der Waals surface area (Å²) in [6.07, 6.45) is 0.237. The molecule has 0 spiro atoms. The fourth-order valence-electron chi connectivity index (χ4n) is 2.81. The van der Waals surface area contributed by atoms with Gasteiger partial charge in [-0.2, -0.15) is 0 Å². The molecule has 0 saturated carbocycles. The largest absolute Gasteiger partial charge is 0.422 e. The molecule has 1 atom stereocenters. The molecule has 0 amide bonds. The van der Waals surface area contributed by atoms with Crippen molar-refractivity contribution in [1.29, 1.82) is 0 Å². The van der Waals surface area contributed by atoms with Crippen molar-refractivity contribution in [3.63, 3.8) is 0 Å². The zero-order chi connectivity index (χ0) is 16.4. The maximum Gasteiger partial charge on any atom is 0.341 e. The lowest BCUT2D eigenvalue weighted by Crippen LogP contribution is -2.17. The number of rotatable bonds is 4. The minimum Gasteiger partial charge on any atom is -0.422 e. The summed E-state index contributed by atoms with van der Waals surface area (Å²) in [5.41, 5.74) is 1.40. The third-order valence-corrected chi connectivity index (χ3v) is 4.34. The van der Waals surface area contributed by atoms with Crippen LogP contribution in [0.3, 0.4) is 0 Å². The van der Waals surface area contributed by atoms with Crippen molar-refractivity contribution in [2.75, 3.05) is 0 Å². The van der Waals surface area contributed by atoms with E-state index in [1.807, 2.05) is 48.5 Å². The molecule has 0 N–H and O–H groups in total. The molecule has 3 aromatic rings. The Hall–Kier alpha value is -2.33. The maximum absolute atomic E-state index is 12.5. The highest BCUT2D eigenvalue weighted by Gasteiger charge is 2.24. The quantitative estimate of drug-likeness (QED) is 0.578. The van der Waals surface area contributed by atoms with Crippen LogP contribution in [0, 0.1) is 0 Å². The average Bonchev–Trinajstić information content (AvgIpc) is 2.54. The van der Waals surface area contributed by atoms with E-state index >= 15 is 0 Å². The van der Waals surface area contributed by atoms with E-state index in [-0.39, 0.29) is 18.1 Å². The lowest BCUT2D eigenvalue weighted by atomic mass is 9.87. The summed E-state index contributed by atoms with van der Waals surface area (Å²) >= 11 is 4.57. The number of benzene rings is 2. The lowest BCUT2D eigenvalue weighted by Gasteiger charge is -2.18. The van der Waals surface area contributed by atoms with E-state index in [9.17, 15) is 9.59 Å². The molecule has 3 rings (SSSR count). The van der Waals surface area contributed by atoms with E-state index in [2.05, 4.69) is 12.6 Å². The molecule has 23 heavy (non-hydrogen) atoms. The highest BCUT2D eigenvalue weighted by molar-refractivity contribution is 7.80. The molecular weight excluding hydrogens is 308 g/mol. The summed E-state index contributed by atoms with van der Waals surface area (Å²) in [6.45, 7) is 1.52. The lowest BCUT2D eigenvalue weighted by molar-refractivity contribution is -0.117. The van der Waals surface area contributed by atoms with Gasteiger partial charge in [-0.3, -0.25) is 4.79 Å². The summed E-state index contributed by atoms with van der Waals surface area (Å²) in [5.74, 6) is -0.346. The zero-order valence-corrected chi connectivity index (χ0v) is 13.5. The van der Waals surface area contributed by atoms with Crippen LogP contribution < -0.4 is 5.63 Å². The first-order valence-corrected chi connectivity index (χ1v) is 7.81. The monoisotopic (exact) mass is 324 g/mol. The predicted molar refractivity (Wildman–Crippen MR) is 93.3 cm³/mol. The Balaban J connectivity index is 2.26. The molecule has 1 heterocycles. The minimum atomic E-state index is -0.441. The smallest absolute Gasteiger partial charge is 0.341 e. The van der Waals surface area contributed by atoms with Crippen LogP contribution in [0.15, 0.2) is 68.7 Å². The first kappa shape index (κ1) is 15.6. The van der Waals surface area contributed by atoms with E-state index in [0.717, 1.165) is 10.9 Å². The van der Waals surface area contributed by atoms with Crippen LogP contribution in [0.4, 0.5) is 0 Å². The van der Waals surface area contributed by atoms with Gasteiger partial charge in [0.05, 0.1) is 5.56 Å². The molecule has 3 nitrogen and oxygen atoms in total. The second-order valence-electron chi connectivity index (χ2n) is 5.52. The van der Waals surface area contributed by atoms with Gasteiger partial charge in [0.25, 0.3) is 0 Å². The van der Waals surface area contributed by atoms with E-state index < -0.39 is 5.63 Å². The number of para-hydroxylation sites is 1. The summed E-state index contributed by atoms with van der Waals surface area (Å²) < 4.78 is 5.44. The van der Waals surface area contributed by atoms with Gasteiger partial charge >= 0.3 is 5.63 Å². The van der Waals surface area contributed by atoms with Crippen LogP contribution in [0.25, 0.3) is 11.0 Å². The molecule has 0 radical (unpaired) electrons. The van der Waals surface area contributed by atoms with Crippen LogP contribution in [-0.2, 0) is 4.79 Å². The number of thiol groups is 1. The summed E-state index contributed by atoms with van der Waals surface area (Å²) in [5, 5.41) is 0.773. The number of hydrogen-bond acceptors (Lipinski definition) is 4. The second-order valence-corrected chi connectivity index (χ2v) is 5.96. The van der Waals surface area contributed by atoms with Crippen LogP contribution >= 0.6 is 12.6 Å². The molecule has 0 aliphatic heterocycles. The van der Waals surface area contributed by atoms with Gasteiger partial charge in [0.1, 0.15) is 11.4 Å². The molecule has 1 unspecified atom stereocenters. The Labute approximate surface area is 139 Å². The Morgan fingerprint density at radius 1 is 1.09 bits per heavy atom. The summed E-state index contributed by atoms with van der Waals surface area (Å²) in [4.78, 5) is 24.8. The fraction of sp³-hybridized carbons (Fsp3) is 0.158. The Morgan fingerprint density at radius 3 is 2.43 bits per heavy atom. The van der Waals surface area contributed by atoms with Gasteiger partial charge in [-0.1, -0.05) is 48.5 Å². The van der Waals surface area contributed by atoms with Crippen LogP contribution in [0.1, 0.15) is 30.4 Å². The molecule has 0 aliphatic carbocycles. The first-order valence-electron chi connectivity index (χ1n) is 7.37. The molecule has 1 aromatic heterocycles. The van der Waals surface area contributed by atoms with Gasteiger partial charge in [0.2, 0.25) is 0 Å². The molecule has 0 bridgehead atoms. The van der Waals surface area contributed by atoms with Crippen molar-refractivity contribution in [2.24, 2.45) is 0 Å². The van der Waals surface area contributed by atoms with E-state index in [1.54, 1.807) is 6.07 Å². The number of carbonyl (C=O) groups is 1. The normalized spacial score (nSPS) is 12.3. The third-order valence-electron chi connectivity index (χ3n) is 3.86. The molecule has 4 heteroatoms. The maximum atomic E-state index is 12.5. The highest BCUT2D eigenvalue weighted by Crippen LogP contribution is 2.33. The first-order chi connectivity index (χ1) is 11.1. The summed E-state index contributed by atoms with van der Waals surface area (Å²) in [7, 11) is 0. The van der Waals surface area contributed by atoms with Crippen molar-refractivity contribution in [2.45, 2.75) is 24.2 Å². The van der Waals surface area contributed by atoms with Crippen molar-refractivity contribution in [3.8, 4) is 0 Å². The zero-order valence-electron chi connectivity index (χ0n) is 12.7. The number of ketones is 1. The topological polar surface area (TPSA) is 47.3 Å². The minimum absolute atomic E-state index is 0.0131. The number of hydrogen-bond donors (Lipinski definition) is 1. The van der Waals surface area contributed by atoms with Crippen molar-refractivity contribution in [3.05, 3.63) is 76.1 Å². The SMILES string of the molecule is CC(=O)CC(c1ccccc1)c1c(S)c2ccccc2oc1=O. The van der Waals surface area contributed by atoms with Crippen LogP contribution in [-0.4, -0.2) is 5.78 Å². The molecular formula is C19H16O3S. The van der Waals surface area contributed by atoms with E-state index in [0.29, 0.717) is 16.0 Å². The fourth-order valence-corrected chi connectivity index (χ4v) is 3.25. The number of fused-ring (bicyclic) bond motifs is 1. The molecule has 0 fully saturated rings. The van der Waals surface area contributed by atoms with E-state index in [1.165, 1.54) is 6.92 Å². The van der Waals surface area contributed by atoms with Crippen molar-refractivity contribution < 1.29 is 9.21 Å². The highest BCUT2D eigenvalue weighted by atomic mass is 32.1. The van der Waals surface area contributed by atoms with Gasteiger partial charge in [-0.25, -0.2) is 4.79 Å². The van der Waals surface area contributed by atoms with Crippen LogP contribution in [0.2, 0.25) is 0 Å². The number of Topliss-reactive ketones (excluding diaryl/α,β-unsaturated/α-hetero) is 1. The molecule has 2 aromatic carbocycles. The molecule has 0 saturated heterocycles. The van der Waals surface area contributed by atoms with Gasteiger partial charge in [-0.15, -0.1) is 12.6 Å². The van der Waals surface area contributed by atoms with Gasteiger partial charge < -0.3 is 4.42 Å².